The smallest absolute Gasteiger partial charge is 0.224 e. The summed E-state index contributed by atoms with van der Waals surface area (Å²) in [5, 5.41) is 0. The van der Waals surface area contributed by atoms with Crippen LogP contribution in [0.5, 0.6) is 0 Å². The van der Waals surface area contributed by atoms with E-state index in [1.165, 1.54) is 0 Å². The van der Waals surface area contributed by atoms with Crippen LogP contribution < -0.4 is 5.73 Å². The lowest BCUT2D eigenvalue weighted by atomic mass is 10.1. The average molecular weight is 235 g/mol. The summed E-state index contributed by atoms with van der Waals surface area (Å²) >= 11 is 0. The fourth-order valence-corrected chi connectivity index (χ4v) is 1.54. The Labute approximate surface area is 103 Å². The van der Waals surface area contributed by atoms with Gasteiger partial charge in [-0.2, -0.15) is 0 Å². The fourth-order valence-electron chi connectivity index (χ4n) is 1.54. The minimum absolute atomic E-state index is 0.0459. The summed E-state index contributed by atoms with van der Waals surface area (Å²) in [5.74, 6) is 0.0719. The highest BCUT2D eigenvalue weighted by Crippen LogP contribution is 2.04. The van der Waals surface area contributed by atoms with Crippen molar-refractivity contribution in [2.24, 2.45) is 5.73 Å². The van der Waals surface area contributed by atoms with Crippen molar-refractivity contribution in [3.8, 4) is 0 Å². The minimum Gasteiger partial charge on any atom is -0.340 e. The van der Waals surface area contributed by atoms with Gasteiger partial charge in [0, 0.05) is 25.2 Å². The molecule has 1 aromatic rings. The molecule has 4 heteroatoms. The molecule has 0 aliphatic carbocycles. The van der Waals surface area contributed by atoms with E-state index in [4.69, 9.17) is 5.73 Å². The molecule has 0 fully saturated rings. The highest BCUT2D eigenvalue weighted by Gasteiger charge is 2.13. The number of carbonyl (C=O) groups is 1. The van der Waals surface area contributed by atoms with Crippen LogP contribution in [0.25, 0.3) is 0 Å². The number of pyridine rings is 1. The van der Waals surface area contributed by atoms with Gasteiger partial charge in [-0.25, -0.2) is 0 Å². The first-order chi connectivity index (χ1) is 8.02. The number of nitrogens with two attached hydrogens (primary N) is 1. The van der Waals surface area contributed by atoms with Crippen LogP contribution in [0.4, 0.5) is 0 Å². The largest absolute Gasteiger partial charge is 0.340 e. The topological polar surface area (TPSA) is 59.2 Å². The Morgan fingerprint density at radius 2 is 2.24 bits per heavy atom. The first-order valence-corrected chi connectivity index (χ1v) is 5.95. The first-order valence-electron chi connectivity index (χ1n) is 5.95. The van der Waals surface area contributed by atoms with Crippen LogP contribution in [-0.4, -0.2) is 28.9 Å². The third kappa shape index (κ3) is 4.53. The van der Waals surface area contributed by atoms with Crippen LogP contribution in [0.15, 0.2) is 18.2 Å². The van der Waals surface area contributed by atoms with E-state index in [-0.39, 0.29) is 11.9 Å². The zero-order valence-electron chi connectivity index (χ0n) is 10.8. The molecule has 94 valence electrons. The maximum absolute atomic E-state index is 11.8. The summed E-state index contributed by atoms with van der Waals surface area (Å²) in [4.78, 5) is 17.9. The van der Waals surface area contributed by atoms with Crippen molar-refractivity contribution in [1.82, 2.24) is 9.88 Å². The van der Waals surface area contributed by atoms with Gasteiger partial charge in [0.15, 0.2) is 0 Å². The Morgan fingerprint density at radius 3 is 2.82 bits per heavy atom. The van der Waals surface area contributed by atoms with Gasteiger partial charge in [0.1, 0.15) is 0 Å². The second kappa shape index (κ2) is 6.35. The Morgan fingerprint density at radius 1 is 1.53 bits per heavy atom. The molecule has 0 saturated heterocycles. The minimum atomic E-state index is -0.0459. The molecule has 0 radical (unpaired) electrons. The number of aromatic nitrogens is 1. The number of hydrogen-bond donors (Lipinski definition) is 1. The normalized spacial score (nSPS) is 12.2. The molecule has 4 nitrogen and oxygen atoms in total. The van der Waals surface area contributed by atoms with Crippen LogP contribution in [0.1, 0.15) is 31.2 Å². The van der Waals surface area contributed by atoms with Crippen LogP contribution in [0.3, 0.4) is 0 Å². The summed E-state index contributed by atoms with van der Waals surface area (Å²) in [6.07, 6.45) is 1.22. The summed E-state index contributed by atoms with van der Waals surface area (Å²) in [6, 6.07) is 5.78. The standard InChI is InChI=1S/C13H21N3O/c1-4-11(14)8-13(17)16(3)9-12-7-5-6-10(2)15-12/h5-7,11H,4,8-9,14H2,1-3H3. The molecule has 1 atom stereocenters. The Bertz CT molecular complexity index is 379. The molecule has 0 aliphatic rings. The van der Waals surface area contributed by atoms with E-state index in [2.05, 4.69) is 4.98 Å². The van der Waals surface area contributed by atoms with Crippen molar-refractivity contribution < 1.29 is 4.79 Å². The fraction of sp³-hybridized carbons (Fsp3) is 0.538. The van der Waals surface area contributed by atoms with E-state index in [0.717, 1.165) is 17.8 Å². The summed E-state index contributed by atoms with van der Waals surface area (Å²) in [6.45, 7) is 4.47. The Balaban J connectivity index is 2.54. The van der Waals surface area contributed by atoms with Gasteiger partial charge >= 0.3 is 0 Å². The molecule has 17 heavy (non-hydrogen) atoms. The van der Waals surface area contributed by atoms with E-state index in [0.29, 0.717) is 13.0 Å². The summed E-state index contributed by atoms with van der Waals surface area (Å²) < 4.78 is 0. The molecular formula is C13H21N3O. The van der Waals surface area contributed by atoms with Gasteiger partial charge in [-0.15, -0.1) is 0 Å². The lowest BCUT2D eigenvalue weighted by molar-refractivity contribution is -0.130. The average Bonchev–Trinajstić information content (AvgIpc) is 2.28. The lowest BCUT2D eigenvalue weighted by Crippen LogP contribution is -2.32. The third-order valence-electron chi connectivity index (χ3n) is 2.73. The first kappa shape index (κ1) is 13.6. The molecule has 0 saturated carbocycles. The number of amides is 1. The number of rotatable bonds is 5. The molecule has 0 bridgehead atoms. The van der Waals surface area contributed by atoms with Gasteiger partial charge in [-0.05, 0) is 25.5 Å². The van der Waals surface area contributed by atoms with Gasteiger partial charge < -0.3 is 10.6 Å². The molecule has 1 amide bonds. The van der Waals surface area contributed by atoms with Crippen molar-refractivity contribution in [3.05, 3.63) is 29.6 Å². The predicted octanol–water partition coefficient (Wildman–Crippen LogP) is 1.48. The number of aryl methyl sites for hydroxylation is 1. The monoisotopic (exact) mass is 235 g/mol. The van der Waals surface area contributed by atoms with Crippen LogP contribution in [0, 0.1) is 6.92 Å². The second-order valence-electron chi connectivity index (χ2n) is 4.39. The number of nitrogens with zero attached hydrogens (tertiary/aromatic N) is 2. The molecular weight excluding hydrogens is 214 g/mol. The molecule has 0 aromatic carbocycles. The predicted molar refractivity (Wildman–Crippen MR) is 68.3 cm³/mol. The number of hydrogen-bond acceptors (Lipinski definition) is 3. The van der Waals surface area contributed by atoms with Crippen molar-refractivity contribution in [3.63, 3.8) is 0 Å². The molecule has 1 unspecified atom stereocenters. The van der Waals surface area contributed by atoms with Gasteiger partial charge in [-0.1, -0.05) is 13.0 Å². The van der Waals surface area contributed by atoms with E-state index in [1.54, 1.807) is 11.9 Å². The van der Waals surface area contributed by atoms with Gasteiger partial charge in [0.05, 0.1) is 12.2 Å². The van der Waals surface area contributed by atoms with Crippen LogP contribution in [0.2, 0.25) is 0 Å². The van der Waals surface area contributed by atoms with Crippen molar-refractivity contribution in [2.75, 3.05) is 7.05 Å². The molecule has 1 heterocycles. The summed E-state index contributed by atoms with van der Waals surface area (Å²) in [5.41, 5.74) is 7.64. The maximum atomic E-state index is 11.8. The van der Waals surface area contributed by atoms with Crippen molar-refractivity contribution in [2.45, 2.75) is 39.3 Å². The van der Waals surface area contributed by atoms with E-state index < -0.39 is 0 Å². The zero-order valence-corrected chi connectivity index (χ0v) is 10.8. The van der Waals surface area contributed by atoms with E-state index >= 15 is 0 Å². The lowest BCUT2D eigenvalue weighted by Gasteiger charge is -2.18. The Kier molecular flexibility index (Phi) is 5.10. The SMILES string of the molecule is CCC(N)CC(=O)N(C)Cc1cccc(C)n1. The third-order valence-corrected chi connectivity index (χ3v) is 2.73. The van der Waals surface area contributed by atoms with E-state index in [9.17, 15) is 4.79 Å². The quantitative estimate of drug-likeness (QED) is 0.841. The highest BCUT2D eigenvalue weighted by molar-refractivity contribution is 5.76. The molecule has 1 rings (SSSR count). The van der Waals surface area contributed by atoms with Gasteiger partial charge in [0.25, 0.3) is 0 Å². The molecule has 2 N–H and O–H groups in total. The summed E-state index contributed by atoms with van der Waals surface area (Å²) in [7, 11) is 1.79. The van der Waals surface area contributed by atoms with Crippen LogP contribution >= 0.6 is 0 Å². The molecule has 1 aromatic heterocycles. The maximum Gasteiger partial charge on any atom is 0.224 e. The molecule has 0 aliphatic heterocycles. The zero-order chi connectivity index (χ0) is 12.8. The highest BCUT2D eigenvalue weighted by atomic mass is 16.2. The van der Waals surface area contributed by atoms with Crippen molar-refractivity contribution >= 4 is 5.91 Å². The number of carbonyl (C=O) groups excluding carboxylic acids is 1. The molecule has 0 spiro atoms. The second-order valence-corrected chi connectivity index (χ2v) is 4.39. The van der Waals surface area contributed by atoms with Gasteiger partial charge in [0.2, 0.25) is 5.91 Å². The van der Waals surface area contributed by atoms with Gasteiger partial charge in [-0.3, -0.25) is 9.78 Å². The van der Waals surface area contributed by atoms with Crippen molar-refractivity contribution in [1.29, 1.82) is 0 Å². The Hall–Kier alpha value is -1.42. The van der Waals surface area contributed by atoms with Crippen LogP contribution in [-0.2, 0) is 11.3 Å². The van der Waals surface area contributed by atoms with E-state index in [1.807, 2.05) is 32.0 Å².